The maximum Gasteiger partial charge on any atom is 0.149 e. The van der Waals surface area contributed by atoms with Crippen LogP contribution in [0.25, 0.3) is 10.8 Å². The second-order valence-electron chi connectivity index (χ2n) is 4.30. The molecule has 6 heteroatoms. The summed E-state index contributed by atoms with van der Waals surface area (Å²) in [6.07, 6.45) is 2.90. The van der Waals surface area contributed by atoms with E-state index in [1.54, 1.807) is 13.3 Å². The number of hydrogen-bond donors (Lipinski definition) is 1. The van der Waals surface area contributed by atoms with Crippen molar-refractivity contribution in [2.45, 2.75) is 0 Å². The van der Waals surface area contributed by atoms with Gasteiger partial charge in [-0.2, -0.15) is 0 Å². The number of ether oxygens (including phenoxy) is 1. The number of methoxy groups -OCH3 is 1. The second kappa shape index (κ2) is 5.44. The summed E-state index contributed by atoms with van der Waals surface area (Å²) in [6.45, 7) is 0.344. The zero-order valence-corrected chi connectivity index (χ0v) is 11.7. The molecule has 0 atom stereocenters. The SMILES string of the molecule is COc1ccc2c(NCCS(C)(=O)=O)nccc2c1. The van der Waals surface area contributed by atoms with Crippen molar-refractivity contribution in [1.29, 1.82) is 0 Å². The van der Waals surface area contributed by atoms with E-state index in [1.807, 2.05) is 24.3 Å². The minimum Gasteiger partial charge on any atom is -0.497 e. The number of aromatic nitrogens is 1. The third-order valence-corrected chi connectivity index (χ3v) is 3.68. The monoisotopic (exact) mass is 280 g/mol. The van der Waals surface area contributed by atoms with Gasteiger partial charge in [0.1, 0.15) is 21.4 Å². The van der Waals surface area contributed by atoms with Crippen molar-refractivity contribution in [3.8, 4) is 5.75 Å². The van der Waals surface area contributed by atoms with Crippen LogP contribution in [0.3, 0.4) is 0 Å². The Kier molecular flexibility index (Phi) is 3.90. The van der Waals surface area contributed by atoms with Crippen molar-refractivity contribution in [2.24, 2.45) is 0 Å². The van der Waals surface area contributed by atoms with Gasteiger partial charge in [-0.25, -0.2) is 13.4 Å². The highest BCUT2D eigenvalue weighted by Crippen LogP contribution is 2.25. The predicted octanol–water partition coefficient (Wildman–Crippen LogP) is 1.70. The van der Waals surface area contributed by atoms with Gasteiger partial charge in [0.15, 0.2) is 0 Å². The number of rotatable bonds is 5. The average molecular weight is 280 g/mol. The van der Waals surface area contributed by atoms with E-state index in [-0.39, 0.29) is 5.75 Å². The molecule has 1 aromatic carbocycles. The number of fused-ring (bicyclic) bond motifs is 1. The molecule has 1 heterocycles. The molecule has 0 saturated carbocycles. The van der Waals surface area contributed by atoms with Crippen LogP contribution >= 0.6 is 0 Å². The van der Waals surface area contributed by atoms with Crippen LogP contribution < -0.4 is 10.1 Å². The lowest BCUT2D eigenvalue weighted by Gasteiger charge is -2.09. The highest BCUT2D eigenvalue weighted by atomic mass is 32.2. The van der Waals surface area contributed by atoms with Crippen LogP contribution in [0.4, 0.5) is 5.82 Å². The molecule has 0 unspecified atom stereocenters. The van der Waals surface area contributed by atoms with Gasteiger partial charge in [-0.1, -0.05) is 0 Å². The van der Waals surface area contributed by atoms with Crippen LogP contribution in [0.5, 0.6) is 5.75 Å². The summed E-state index contributed by atoms with van der Waals surface area (Å²) >= 11 is 0. The number of nitrogens with one attached hydrogen (secondary N) is 1. The number of benzene rings is 1. The van der Waals surface area contributed by atoms with E-state index >= 15 is 0 Å². The van der Waals surface area contributed by atoms with Crippen LogP contribution in [-0.2, 0) is 9.84 Å². The Morgan fingerprint density at radius 2 is 2.11 bits per heavy atom. The molecule has 0 aliphatic heterocycles. The van der Waals surface area contributed by atoms with Crippen LogP contribution in [0.2, 0.25) is 0 Å². The minimum absolute atomic E-state index is 0.0845. The van der Waals surface area contributed by atoms with Crippen molar-refractivity contribution in [3.05, 3.63) is 30.5 Å². The molecule has 0 spiro atoms. The largest absolute Gasteiger partial charge is 0.497 e. The van der Waals surface area contributed by atoms with E-state index in [4.69, 9.17) is 4.74 Å². The van der Waals surface area contributed by atoms with Gasteiger partial charge in [-0.05, 0) is 29.7 Å². The molecule has 5 nitrogen and oxygen atoms in total. The van der Waals surface area contributed by atoms with Gasteiger partial charge in [-0.15, -0.1) is 0 Å². The first-order valence-electron chi connectivity index (χ1n) is 5.84. The third-order valence-electron chi connectivity index (χ3n) is 2.74. The molecule has 19 heavy (non-hydrogen) atoms. The summed E-state index contributed by atoms with van der Waals surface area (Å²) in [7, 11) is -1.35. The normalized spacial score (nSPS) is 11.5. The van der Waals surface area contributed by atoms with Crippen molar-refractivity contribution in [1.82, 2.24) is 4.98 Å². The first-order valence-corrected chi connectivity index (χ1v) is 7.90. The van der Waals surface area contributed by atoms with E-state index < -0.39 is 9.84 Å². The number of anilines is 1. The van der Waals surface area contributed by atoms with Gasteiger partial charge in [-0.3, -0.25) is 0 Å². The fraction of sp³-hybridized carbons (Fsp3) is 0.308. The quantitative estimate of drug-likeness (QED) is 0.903. The Bertz CT molecular complexity index is 683. The lowest BCUT2D eigenvalue weighted by molar-refractivity contribution is 0.415. The Morgan fingerprint density at radius 1 is 1.32 bits per heavy atom. The number of hydrogen-bond acceptors (Lipinski definition) is 5. The van der Waals surface area contributed by atoms with Crippen LogP contribution in [0, 0.1) is 0 Å². The fourth-order valence-electron chi connectivity index (χ4n) is 1.78. The van der Waals surface area contributed by atoms with Gasteiger partial charge in [0.25, 0.3) is 0 Å². The van der Waals surface area contributed by atoms with Crippen LogP contribution in [0.1, 0.15) is 0 Å². The van der Waals surface area contributed by atoms with Crippen LogP contribution in [-0.4, -0.2) is 39.1 Å². The predicted molar refractivity (Wildman–Crippen MR) is 76.5 cm³/mol. The third kappa shape index (κ3) is 3.57. The second-order valence-corrected chi connectivity index (χ2v) is 6.56. The molecule has 1 aromatic heterocycles. The molecule has 0 radical (unpaired) electrons. The van der Waals surface area contributed by atoms with Gasteiger partial charge >= 0.3 is 0 Å². The summed E-state index contributed by atoms with van der Waals surface area (Å²) in [4.78, 5) is 4.24. The smallest absolute Gasteiger partial charge is 0.149 e. The Hall–Kier alpha value is -1.82. The maximum absolute atomic E-state index is 11.1. The Labute approximate surface area is 112 Å². The van der Waals surface area contributed by atoms with Crippen LogP contribution in [0.15, 0.2) is 30.5 Å². The van der Waals surface area contributed by atoms with Gasteiger partial charge in [0, 0.05) is 24.4 Å². The van der Waals surface area contributed by atoms with Crippen molar-refractivity contribution >= 4 is 26.4 Å². The fourth-order valence-corrected chi connectivity index (χ4v) is 2.25. The molecule has 0 aliphatic carbocycles. The first kappa shape index (κ1) is 13.6. The summed E-state index contributed by atoms with van der Waals surface area (Å²) in [5, 5.41) is 4.99. The van der Waals surface area contributed by atoms with Crippen molar-refractivity contribution in [2.75, 3.05) is 31.0 Å². The summed E-state index contributed by atoms with van der Waals surface area (Å²) in [5.74, 6) is 1.55. The number of nitrogens with zero attached hydrogens (tertiary/aromatic N) is 1. The highest BCUT2D eigenvalue weighted by Gasteiger charge is 2.05. The van der Waals surface area contributed by atoms with E-state index in [0.717, 1.165) is 16.5 Å². The lowest BCUT2D eigenvalue weighted by Crippen LogP contribution is -2.14. The van der Waals surface area contributed by atoms with Gasteiger partial charge in [0.05, 0.1) is 12.9 Å². The molecule has 2 rings (SSSR count). The molecule has 0 amide bonds. The van der Waals surface area contributed by atoms with E-state index in [1.165, 1.54) is 6.26 Å². The van der Waals surface area contributed by atoms with E-state index in [9.17, 15) is 8.42 Å². The molecule has 0 saturated heterocycles. The molecule has 1 N–H and O–H groups in total. The van der Waals surface area contributed by atoms with E-state index in [0.29, 0.717) is 12.4 Å². The average Bonchev–Trinajstić information content (AvgIpc) is 2.37. The molecular weight excluding hydrogens is 264 g/mol. The molecule has 2 aromatic rings. The zero-order chi connectivity index (χ0) is 13.9. The van der Waals surface area contributed by atoms with Gasteiger partial charge < -0.3 is 10.1 Å². The Balaban J connectivity index is 2.24. The summed E-state index contributed by atoms with van der Waals surface area (Å²) < 4.78 is 27.4. The summed E-state index contributed by atoms with van der Waals surface area (Å²) in [6, 6.07) is 7.56. The van der Waals surface area contributed by atoms with E-state index in [2.05, 4.69) is 10.3 Å². The standard InChI is InChI=1S/C13H16N2O3S/c1-18-11-3-4-12-10(9-11)5-6-14-13(12)15-7-8-19(2,16)17/h3-6,9H,7-8H2,1-2H3,(H,14,15). The van der Waals surface area contributed by atoms with Gasteiger partial charge in [0.2, 0.25) is 0 Å². The maximum atomic E-state index is 11.1. The molecule has 0 fully saturated rings. The Morgan fingerprint density at radius 3 is 2.79 bits per heavy atom. The molecular formula is C13H16N2O3S. The van der Waals surface area contributed by atoms with Crippen molar-refractivity contribution in [3.63, 3.8) is 0 Å². The number of sulfone groups is 1. The minimum atomic E-state index is -2.97. The molecule has 0 bridgehead atoms. The lowest BCUT2D eigenvalue weighted by atomic mass is 10.1. The zero-order valence-electron chi connectivity index (χ0n) is 10.9. The summed E-state index contributed by atoms with van der Waals surface area (Å²) in [5.41, 5.74) is 0. The topological polar surface area (TPSA) is 68.3 Å². The molecule has 102 valence electrons. The highest BCUT2D eigenvalue weighted by molar-refractivity contribution is 7.90. The first-order chi connectivity index (χ1) is 8.99. The van der Waals surface area contributed by atoms with Crippen molar-refractivity contribution < 1.29 is 13.2 Å². The number of pyridine rings is 1. The molecule has 0 aliphatic rings.